The van der Waals surface area contributed by atoms with E-state index in [1.165, 1.54) is 10.6 Å². The molecular weight excluding hydrogens is 299 g/mol. The molecule has 1 aromatic carbocycles. The van der Waals surface area contributed by atoms with Gasteiger partial charge in [0.2, 0.25) is 0 Å². The average molecular weight is 315 g/mol. The minimum atomic E-state index is 0.592. The van der Waals surface area contributed by atoms with Gasteiger partial charge in [0.05, 0.1) is 20.7 Å². The van der Waals surface area contributed by atoms with E-state index < -0.39 is 0 Å². The number of hydrogen-bond donors (Lipinski definition) is 1. The Morgan fingerprint density at radius 1 is 1.26 bits per heavy atom. The molecule has 5 heteroatoms. The van der Waals surface area contributed by atoms with Crippen LogP contribution >= 0.6 is 34.5 Å². The summed E-state index contributed by atoms with van der Waals surface area (Å²) in [7, 11) is 1.96. The largest absolute Gasteiger partial charge is 0.315 e. The maximum absolute atomic E-state index is 6.03. The van der Waals surface area contributed by atoms with E-state index in [0.29, 0.717) is 10.0 Å². The van der Waals surface area contributed by atoms with Gasteiger partial charge in [-0.1, -0.05) is 36.2 Å². The maximum Gasteiger partial charge on any atom is 0.0975 e. The van der Waals surface area contributed by atoms with Crippen LogP contribution in [0.4, 0.5) is 0 Å². The molecule has 0 amide bonds. The number of halogens is 2. The quantitative estimate of drug-likeness (QED) is 0.889. The summed E-state index contributed by atoms with van der Waals surface area (Å²) in [5.74, 6) is 0. The van der Waals surface area contributed by atoms with Gasteiger partial charge in [0.25, 0.3) is 0 Å². The minimum Gasteiger partial charge on any atom is -0.315 e. The van der Waals surface area contributed by atoms with Crippen LogP contribution < -0.4 is 5.32 Å². The van der Waals surface area contributed by atoms with Crippen LogP contribution in [-0.4, -0.2) is 12.0 Å². The van der Waals surface area contributed by atoms with Crippen LogP contribution in [0.3, 0.4) is 0 Å². The Hall–Kier alpha value is -0.610. The molecule has 19 heavy (non-hydrogen) atoms. The van der Waals surface area contributed by atoms with Crippen LogP contribution in [0.25, 0.3) is 0 Å². The van der Waals surface area contributed by atoms with Gasteiger partial charge in [0.15, 0.2) is 0 Å². The molecule has 1 heterocycles. The highest BCUT2D eigenvalue weighted by atomic mass is 35.5. The summed E-state index contributed by atoms with van der Waals surface area (Å²) in [5.41, 5.74) is 2.33. The van der Waals surface area contributed by atoms with Crippen molar-refractivity contribution in [2.45, 2.75) is 26.3 Å². The van der Waals surface area contributed by atoms with Crippen molar-refractivity contribution >= 4 is 34.5 Å². The molecular formula is C14H16Cl2N2S. The smallest absolute Gasteiger partial charge is 0.0975 e. The molecule has 0 aliphatic heterocycles. The van der Waals surface area contributed by atoms with Gasteiger partial charge in [-0.3, -0.25) is 0 Å². The van der Waals surface area contributed by atoms with Crippen LogP contribution in [-0.2, 0) is 19.4 Å². The number of aromatic nitrogens is 1. The fourth-order valence-electron chi connectivity index (χ4n) is 1.91. The summed E-state index contributed by atoms with van der Waals surface area (Å²) in [4.78, 5) is 6.02. The van der Waals surface area contributed by atoms with Crippen molar-refractivity contribution in [3.63, 3.8) is 0 Å². The normalized spacial score (nSPS) is 10.9. The van der Waals surface area contributed by atoms with E-state index in [1.54, 1.807) is 11.3 Å². The number of rotatable bonds is 5. The predicted molar refractivity (Wildman–Crippen MR) is 83.5 cm³/mol. The summed E-state index contributed by atoms with van der Waals surface area (Å²) in [6, 6.07) is 5.75. The Morgan fingerprint density at radius 3 is 2.68 bits per heavy atom. The zero-order valence-electron chi connectivity index (χ0n) is 11.0. The lowest BCUT2D eigenvalue weighted by molar-refractivity contribution is 0.813. The summed E-state index contributed by atoms with van der Waals surface area (Å²) in [5, 5.41) is 5.50. The summed E-state index contributed by atoms with van der Waals surface area (Å²) >= 11 is 13.7. The lowest BCUT2D eigenvalue weighted by Crippen LogP contribution is -2.05. The SMILES string of the molecule is CCc1nc(Cc2ccc(Cl)c(Cl)c2)sc1CNC. The van der Waals surface area contributed by atoms with E-state index in [2.05, 4.69) is 12.2 Å². The molecule has 0 saturated heterocycles. The van der Waals surface area contributed by atoms with Crippen molar-refractivity contribution < 1.29 is 0 Å². The van der Waals surface area contributed by atoms with Gasteiger partial charge in [-0.15, -0.1) is 11.3 Å². The van der Waals surface area contributed by atoms with E-state index in [9.17, 15) is 0 Å². The van der Waals surface area contributed by atoms with Crippen molar-refractivity contribution in [3.8, 4) is 0 Å². The summed E-state index contributed by atoms with van der Waals surface area (Å²) in [6.45, 7) is 3.01. The highest BCUT2D eigenvalue weighted by Crippen LogP contribution is 2.26. The molecule has 2 nitrogen and oxygen atoms in total. The Balaban J connectivity index is 2.20. The van der Waals surface area contributed by atoms with Gasteiger partial charge in [0.1, 0.15) is 0 Å². The molecule has 0 spiro atoms. The lowest BCUT2D eigenvalue weighted by Gasteiger charge is -2.00. The van der Waals surface area contributed by atoms with Crippen molar-refractivity contribution in [2.75, 3.05) is 7.05 Å². The molecule has 0 bridgehead atoms. The number of aryl methyl sites for hydroxylation is 1. The zero-order valence-corrected chi connectivity index (χ0v) is 13.3. The fourth-order valence-corrected chi connectivity index (χ4v) is 3.44. The summed E-state index contributed by atoms with van der Waals surface area (Å²) < 4.78 is 0. The van der Waals surface area contributed by atoms with Crippen molar-refractivity contribution in [1.29, 1.82) is 0 Å². The molecule has 2 aromatic rings. The molecule has 2 rings (SSSR count). The van der Waals surface area contributed by atoms with E-state index >= 15 is 0 Å². The van der Waals surface area contributed by atoms with Gasteiger partial charge >= 0.3 is 0 Å². The molecule has 0 aliphatic carbocycles. The minimum absolute atomic E-state index is 0.592. The van der Waals surface area contributed by atoms with Crippen LogP contribution in [0, 0.1) is 0 Å². The Morgan fingerprint density at radius 2 is 2.05 bits per heavy atom. The lowest BCUT2D eigenvalue weighted by atomic mass is 10.1. The van der Waals surface area contributed by atoms with Gasteiger partial charge < -0.3 is 5.32 Å². The first kappa shape index (κ1) is 14.8. The van der Waals surface area contributed by atoms with Crippen molar-refractivity contribution in [2.24, 2.45) is 0 Å². The second-order valence-electron chi connectivity index (χ2n) is 4.29. The standard InChI is InChI=1S/C14H16Cl2N2S/c1-3-12-13(8-17-2)19-14(18-12)7-9-4-5-10(15)11(16)6-9/h4-6,17H,3,7-8H2,1-2H3. The Kier molecular flexibility index (Phi) is 5.22. The number of benzene rings is 1. The van der Waals surface area contributed by atoms with E-state index in [4.69, 9.17) is 28.2 Å². The predicted octanol–water partition coefficient (Wildman–Crippen LogP) is 4.32. The van der Waals surface area contributed by atoms with E-state index in [1.807, 2.05) is 25.2 Å². The number of thiazole rings is 1. The second-order valence-corrected chi connectivity index (χ2v) is 6.27. The zero-order chi connectivity index (χ0) is 13.8. The molecule has 0 radical (unpaired) electrons. The van der Waals surface area contributed by atoms with Gasteiger partial charge in [-0.25, -0.2) is 4.98 Å². The number of hydrogen-bond acceptors (Lipinski definition) is 3. The first-order valence-electron chi connectivity index (χ1n) is 6.20. The van der Waals surface area contributed by atoms with Crippen LogP contribution in [0.15, 0.2) is 18.2 Å². The molecule has 0 fully saturated rings. The molecule has 0 atom stereocenters. The van der Waals surface area contributed by atoms with Crippen molar-refractivity contribution in [1.82, 2.24) is 10.3 Å². The number of nitrogens with zero attached hydrogens (tertiary/aromatic N) is 1. The van der Waals surface area contributed by atoms with Gasteiger partial charge in [0, 0.05) is 17.8 Å². The highest BCUT2D eigenvalue weighted by Gasteiger charge is 2.10. The van der Waals surface area contributed by atoms with Crippen molar-refractivity contribution in [3.05, 3.63) is 49.4 Å². The molecule has 0 aliphatic rings. The molecule has 102 valence electrons. The highest BCUT2D eigenvalue weighted by molar-refractivity contribution is 7.11. The third-order valence-corrected chi connectivity index (χ3v) is 4.67. The monoisotopic (exact) mass is 314 g/mol. The fraction of sp³-hybridized carbons (Fsp3) is 0.357. The van der Waals surface area contributed by atoms with E-state index in [0.717, 1.165) is 30.0 Å². The van der Waals surface area contributed by atoms with Crippen LogP contribution in [0.2, 0.25) is 10.0 Å². The molecule has 0 unspecified atom stereocenters. The molecule has 0 saturated carbocycles. The maximum atomic E-state index is 6.03. The van der Waals surface area contributed by atoms with Crippen LogP contribution in [0.1, 0.15) is 28.1 Å². The summed E-state index contributed by atoms with van der Waals surface area (Å²) in [6.07, 6.45) is 1.77. The third-order valence-electron chi connectivity index (χ3n) is 2.83. The topological polar surface area (TPSA) is 24.9 Å². The van der Waals surface area contributed by atoms with Gasteiger partial charge in [-0.05, 0) is 31.2 Å². The Labute approximate surface area is 127 Å². The first-order valence-corrected chi connectivity index (χ1v) is 7.77. The third kappa shape index (κ3) is 3.69. The first-order chi connectivity index (χ1) is 9.13. The van der Waals surface area contributed by atoms with E-state index in [-0.39, 0.29) is 0 Å². The van der Waals surface area contributed by atoms with Gasteiger partial charge in [-0.2, -0.15) is 0 Å². The average Bonchev–Trinajstić information content (AvgIpc) is 2.76. The van der Waals surface area contributed by atoms with Crippen LogP contribution in [0.5, 0.6) is 0 Å². The molecule has 1 N–H and O–H groups in total. The Bertz CT molecular complexity index is 567. The number of nitrogens with one attached hydrogen (secondary N) is 1. The second kappa shape index (κ2) is 6.71. The molecule has 1 aromatic heterocycles.